The van der Waals surface area contributed by atoms with Crippen LogP contribution in [-0.2, 0) is 0 Å². The highest BCUT2D eigenvalue weighted by molar-refractivity contribution is 14.1. The van der Waals surface area contributed by atoms with E-state index in [2.05, 4.69) is 4.98 Å². The number of nitrogens with zero attached hydrogens (tertiary/aromatic N) is 1. The molecule has 1 aromatic heterocycles. The van der Waals surface area contributed by atoms with Crippen molar-refractivity contribution >= 4 is 34.4 Å². The Kier molecular flexibility index (Phi) is 2.51. The van der Waals surface area contributed by atoms with Crippen molar-refractivity contribution in [1.29, 1.82) is 0 Å². The third-order valence-corrected chi connectivity index (χ3v) is 2.61. The number of pyridine rings is 1. The maximum Gasteiger partial charge on any atom is 0.339 e. The van der Waals surface area contributed by atoms with E-state index < -0.39 is 5.97 Å². The lowest BCUT2D eigenvalue weighted by Gasteiger charge is -2.04. The number of hydrogen-bond acceptors (Lipinski definition) is 3. The van der Waals surface area contributed by atoms with Gasteiger partial charge in [-0.25, -0.2) is 9.78 Å². The number of anilines is 1. The molecule has 0 aromatic carbocycles. The Morgan fingerprint density at radius 3 is 2.75 bits per heavy atom. The normalized spacial score (nSPS) is 9.83. The molecular weight excluding hydrogens is 271 g/mol. The van der Waals surface area contributed by atoms with E-state index in [1.54, 1.807) is 13.1 Å². The lowest BCUT2D eigenvalue weighted by Crippen LogP contribution is -2.08. The fourth-order valence-electron chi connectivity index (χ4n) is 0.869. The maximum atomic E-state index is 10.7. The van der Waals surface area contributed by atoms with Gasteiger partial charge in [-0.1, -0.05) is 0 Å². The molecule has 0 radical (unpaired) electrons. The summed E-state index contributed by atoms with van der Waals surface area (Å²) in [5, 5.41) is 8.75. The lowest BCUT2D eigenvalue weighted by molar-refractivity contribution is 0.0697. The van der Waals surface area contributed by atoms with Crippen LogP contribution >= 0.6 is 22.6 Å². The van der Waals surface area contributed by atoms with Crippen molar-refractivity contribution in [3.63, 3.8) is 0 Å². The molecule has 1 heterocycles. The number of nitrogens with two attached hydrogens (primary N) is 1. The average molecular weight is 278 g/mol. The summed E-state index contributed by atoms with van der Waals surface area (Å²) in [4.78, 5) is 14.4. The van der Waals surface area contributed by atoms with Crippen LogP contribution in [0.4, 0.5) is 5.82 Å². The van der Waals surface area contributed by atoms with E-state index in [1.165, 1.54) is 0 Å². The monoisotopic (exact) mass is 278 g/mol. The Balaban J connectivity index is 3.43. The Morgan fingerprint density at radius 2 is 2.33 bits per heavy atom. The number of aromatic nitrogens is 1. The summed E-state index contributed by atoms with van der Waals surface area (Å²) in [6.45, 7) is 1.71. The summed E-state index contributed by atoms with van der Waals surface area (Å²) in [7, 11) is 0. The molecular formula is C7H7IN2O2. The summed E-state index contributed by atoms with van der Waals surface area (Å²) in [5.74, 6) is -0.962. The van der Waals surface area contributed by atoms with Gasteiger partial charge in [0.25, 0.3) is 0 Å². The van der Waals surface area contributed by atoms with Crippen LogP contribution in [0.2, 0.25) is 0 Å². The van der Waals surface area contributed by atoms with Crippen molar-refractivity contribution in [2.75, 3.05) is 5.73 Å². The van der Waals surface area contributed by atoms with E-state index >= 15 is 0 Å². The van der Waals surface area contributed by atoms with Crippen LogP contribution < -0.4 is 5.73 Å². The van der Waals surface area contributed by atoms with E-state index in [9.17, 15) is 4.79 Å². The van der Waals surface area contributed by atoms with E-state index in [0.29, 0.717) is 5.56 Å². The van der Waals surface area contributed by atoms with Gasteiger partial charge in [-0.2, -0.15) is 0 Å². The first-order valence-electron chi connectivity index (χ1n) is 3.18. The molecule has 1 aromatic rings. The van der Waals surface area contributed by atoms with Gasteiger partial charge in [0, 0.05) is 9.77 Å². The van der Waals surface area contributed by atoms with Gasteiger partial charge < -0.3 is 10.8 Å². The van der Waals surface area contributed by atoms with Crippen LogP contribution in [0.25, 0.3) is 0 Å². The molecule has 3 N–H and O–H groups in total. The molecule has 64 valence electrons. The first-order chi connectivity index (χ1) is 5.54. The van der Waals surface area contributed by atoms with Crippen LogP contribution in [0.5, 0.6) is 0 Å². The van der Waals surface area contributed by atoms with Gasteiger partial charge in [0.1, 0.15) is 11.4 Å². The quantitative estimate of drug-likeness (QED) is 0.758. The van der Waals surface area contributed by atoms with Crippen molar-refractivity contribution in [1.82, 2.24) is 4.98 Å². The summed E-state index contributed by atoms with van der Waals surface area (Å²) >= 11 is 2.02. The van der Waals surface area contributed by atoms with Crippen LogP contribution in [0.15, 0.2) is 6.20 Å². The minimum absolute atomic E-state index is 0.0698. The first kappa shape index (κ1) is 9.24. The van der Waals surface area contributed by atoms with Gasteiger partial charge in [0.2, 0.25) is 0 Å². The number of rotatable bonds is 1. The Morgan fingerprint density at radius 1 is 1.75 bits per heavy atom. The van der Waals surface area contributed by atoms with E-state index in [4.69, 9.17) is 10.8 Å². The number of halogens is 1. The van der Waals surface area contributed by atoms with E-state index in [-0.39, 0.29) is 11.4 Å². The second-order valence-corrected chi connectivity index (χ2v) is 3.46. The van der Waals surface area contributed by atoms with Crippen LogP contribution in [-0.4, -0.2) is 16.1 Å². The highest BCUT2D eigenvalue weighted by Gasteiger charge is 2.14. The van der Waals surface area contributed by atoms with Crippen molar-refractivity contribution in [2.24, 2.45) is 0 Å². The summed E-state index contributed by atoms with van der Waals surface area (Å²) < 4.78 is 0.805. The highest BCUT2D eigenvalue weighted by atomic mass is 127. The van der Waals surface area contributed by atoms with Gasteiger partial charge >= 0.3 is 5.97 Å². The largest absolute Gasteiger partial charge is 0.478 e. The molecule has 5 heteroatoms. The van der Waals surface area contributed by atoms with Gasteiger partial charge in [-0.15, -0.1) is 0 Å². The number of nitrogen functional groups attached to an aromatic ring is 1. The second-order valence-electron chi connectivity index (χ2n) is 2.30. The predicted molar refractivity (Wildman–Crippen MR) is 53.1 cm³/mol. The molecule has 0 aliphatic carbocycles. The molecule has 0 unspecified atom stereocenters. The van der Waals surface area contributed by atoms with Crippen molar-refractivity contribution in [2.45, 2.75) is 6.92 Å². The number of carbonyl (C=O) groups is 1. The number of carboxylic acids is 1. The number of hydrogen-bond donors (Lipinski definition) is 2. The zero-order valence-electron chi connectivity index (χ0n) is 6.34. The first-order valence-corrected chi connectivity index (χ1v) is 4.25. The Bertz CT molecular complexity index is 338. The number of carboxylic acid groups (broad SMARTS) is 1. The van der Waals surface area contributed by atoms with Crippen LogP contribution in [0.3, 0.4) is 0 Å². The maximum absolute atomic E-state index is 10.7. The van der Waals surface area contributed by atoms with Crippen LogP contribution in [0.1, 0.15) is 15.9 Å². The molecule has 1 rings (SSSR count). The van der Waals surface area contributed by atoms with Crippen LogP contribution in [0, 0.1) is 10.5 Å². The summed E-state index contributed by atoms with van der Waals surface area (Å²) in [5.41, 5.74) is 6.16. The molecule has 4 nitrogen and oxygen atoms in total. The molecule has 0 saturated carbocycles. The molecule has 0 spiro atoms. The topological polar surface area (TPSA) is 76.2 Å². The Hall–Kier alpha value is -0.850. The second kappa shape index (κ2) is 3.26. The summed E-state index contributed by atoms with van der Waals surface area (Å²) in [6.07, 6.45) is 1.55. The minimum Gasteiger partial charge on any atom is -0.478 e. The molecule has 0 atom stereocenters. The molecule has 0 aliphatic heterocycles. The van der Waals surface area contributed by atoms with Gasteiger partial charge in [-0.3, -0.25) is 0 Å². The molecule has 0 fully saturated rings. The summed E-state index contributed by atoms with van der Waals surface area (Å²) in [6, 6.07) is 0. The zero-order chi connectivity index (χ0) is 9.30. The van der Waals surface area contributed by atoms with Gasteiger partial charge in [-0.05, 0) is 35.1 Å². The van der Waals surface area contributed by atoms with E-state index in [1.807, 2.05) is 22.6 Å². The average Bonchev–Trinajstić information content (AvgIpc) is 1.97. The van der Waals surface area contributed by atoms with Crippen molar-refractivity contribution in [3.05, 3.63) is 20.9 Å². The SMILES string of the molecule is Cc1c(I)cnc(N)c1C(=O)O. The van der Waals surface area contributed by atoms with Gasteiger partial charge in [0.15, 0.2) is 0 Å². The molecule has 0 aliphatic rings. The Labute approximate surface area is 82.9 Å². The fraction of sp³-hybridized carbons (Fsp3) is 0.143. The highest BCUT2D eigenvalue weighted by Crippen LogP contribution is 2.19. The standard InChI is InChI=1S/C7H7IN2O2/c1-3-4(8)2-10-6(9)5(3)7(11)12/h2H,1H3,(H2,9,10)(H,11,12). The predicted octanol–water partition coefficient (Wildman–Crippen LogP) is 1.28. The zero-order valence-corrected chi connectivity index (χ0v) is 8.49. The third kappa shape index (κ3) is 1.50. The van der Waals surface area contributed by atoms with Gasteiger partial charge in [0.05, 0.1) is 0 Å². The lowest BCUT2D eigenvalue weighted by atomic mass is 10.1. The minimum atomic E-state index is -1.03. The third-order valence-electron chi connectivity index (χ3n) is 1.52. The molecule has 0 amide bonds. The smallest absolute Gasteiger partial charge is 0.339 e. The molecule has 0 bridgehead atoms. The molecule has 12 heavy (non-hydrogen) atoms. The number of aromatic carboxylic acids is 1. The van der Waals surface area contributed by atoms with Crippen molar-refractivity contribution in [3.8, 4) is 0 Å². The van der Waals surface area contributed by atoms with Crippen molar-refractivity contribution < 1.29 is 9.90 Å². The fourth-order valence-corrected chi connectivity index (χ4v) is 1.28. The van der Waals surface area contributed by atoms with E-state index in [0.717, 1.165) is 3.57 Å². The molecule has 0 saturated heterocycles.